The normalized spacial score (nSPS) is 14.8. The van der Waals surface area contributed by atoms with Crippen molar-refractivity contribution in [1.82, 2.24) is 10.3 Å². The van der Waals surface area contributed by atoms with Crippen LogP contribution < -0.4 is 21.5 Å². The first-order valence-electron chi connectivity index (χ1n) is 11.8. The van der Waals surface area contributed by atoms with Crippen molar-refractivity contribution in [1.29, 1.82) is 0 Å². The molecule has 4 aromatic rings. The predicted molar refractivity (Wildman–Crippen MR) is 143 cm³/mol. The number of hydrogen-bond donors (Lipinski definition) is 3. The highest BCUT2D eigenvalue weighted by Crippen LogP contribution is 2.42. The number of allylic oxidation sites excluding steroid dienone is 1. The third-order valence-corrected chi connectivity index (χ3v) is 7.41. The van der Waals surface area contributed by atoms with Crippen LogP contribution in [0.4, 0.5) is 5.82 Å². The van der Waals surface area contributed by atoms with E-state index in [1.807, 2.05) is 54.6 Å². The van der Waals surface area contributed by atoms with Gasteiger partial charge in [-0.15, -0.1) is 11.3 Å². The van der Waals surface area contributed by atoms with E-state index in [9.17, 15) is 4.79 Å². The van der Waals surface area contributed by atoms with E-state index in [0.29, 0.717) is 11.7 Å². The van der Waals surface area contributed by atoms with E-state index in [-0.39, 0.29) is 0 Å². The number of para-hydroxylation sites is 1. The zero-order valence-corrected chi connectivity index (χ0v) is 20.2. The Bertz CT molecular complexity index is 1360. The summed E-state index contributed by atoms with van der Waals surface area (Å²) in [6.07, 6.45) is 6.29. The molecule has 0 radical (unpaired) electrons. The Kier molecular flexibility index (Phi) is 6.79. The van der Waals surface area contributed by atoms with E-state index in [2.05, 4.69) is 15.7 Å². The Hall–Kier alpha value is -3.68. The Balaban J connectivity index is 1.49. The van der Waals surface area contributed by atoms with Crippen LogP contribution in [0.1, 0.15) is 24.8 Å². The van der Waals surface area contributed by atoms with Gasteiger partial charge in [0, 0.05) is 33.5 Å². The van der Waals surface area contributed by atoms with E-state index in [1.165, 1.54) is 0 Å². The number of rotatable bonds is 7. The number of thiophene rings is 1. The number of anilines is 1. The van der Waals surface area contributed by atoms with Crippen LogP contribution in [0.25, 0.3) is 26.8 Å². The van der Waals surface area contributed by atoms with Gasteiger partial charge < -0.3 is 21.5 Å². The number of nitrogens with one attached hydrogen (secondary N) is 1. The Labute approximate surface area is 208 Å². The number of fused-ring (bicyclic) bond motifs is 1. The molecule has 0 bridgehead atoms. The fourth-order valence-electron chi connectivity index (χ4n) is 4.65. The molecular formula is C28H28N4O2S. The van der Waals surface area contributed by atoms with Gasteiger partial charge in [-0.25, -0.2) is 4.98 Å². The van der Waals surface area contributed by atoms with Gasteiger partial charge >= 0.3 is 0 Å². The van der Waals surface area contributed by atoms with E-state index in [0.717, 1.165) is 76.2 Å². The predicted octanol–water partition coefficient (Wildman–Crippen LogP) is 5.60. The van der Waals surface area contributed by atoms with Crippen LogP contribution in [0, 0.1) is 5.92 Å². The molecule has 5 rings (SSSR count). The van der Waals surface area contributed by atoms with Gasteiger partial charge in [0.1, 0.15) is 17.3 Å². The van der Waals surface area contributed by atoms with Crippen molar-refractivity contribution in [3.8, 4) is 22.6 Å². The molecule has 1 fully saturated rings. The molecule has 0 aliphatic carbocycles. The molecule has 0 atom stereocenters. The summed E-state index contributed by atoms with van der Waals surface area (Å²) in [6, 6.07) is 17.7. The highest BCUT2D eigenvalue weighted by Gasteiger charge is 2.21. The standard InChI is InChI=1S/C28H28N4O2S/c29-25(33)15-20(14-18-10-12-31-13-11-18)23-16-32-28(30)26-24(17-35-27(23)26)19-6-8-22(9-7-19)34-21-4-2-1-3-5-21/h1-9,15-18,31H,10-14H2,(H2,29,33)(H2,30,32)/b20-15+. The molecule has 0 saturated carbocycles. The molecular weight excluding hydrogens is 456 g/mol. The number of benzene rings is 2. The lowest BCUT2D eigenvalue weighted by atomic mass is 9.88. The van der Waals surface area contributed by atoms with E-state index in [4.69, 9.17) is 16.2 Å². The number of hydrogen-bond acceptors (Lipinski definition) is 6. The molecule has 3 heterocycles. The number of pyridine rings is 1. The number of carbonyl (C=O) groups is 1. The molecule has 1 amide bonds. The summed E-state index contributed by atoms with van der Waals surface area (Å²) in [5, 5.41) is 6.41. The first kappa shape index (κ1) is 23.1. The van der Waals surface area contributed by atoms with Gasteiger partial charge in [0.25, 0.3) is 0 Å². The quantitative estimate of drug-likeness (QED) is 0.296. The van der Waals surface area contributed by atoms with E-state index in [1.54, 1.807) is 23.6 Å². The summed E-state index contributed by atoms with van der Waals surface area (Å²) >= 11 is 1.62. The minimum Gasteiger partial charge on any atom is -0.457 e. The van der Waals surface area contributed by atoms with Crippen LogP contribution in [-0.2, 0) is 4.79 Å². The largest absolute Gasteiger partial charge is 0.457 e. The van der Waals surface area contributed by atoms with Crippen molar-refractivity contribution < 1.29 is 9.53 Å². The second-order valence-electron chi connectivity index (χ2n) is 8.82. The highest BCUT2D eigenvalue weighted by molar-refractivity contribution is 7.18. The summed E-state index contributed by atoms with van der Waals surface area (Å²) in [4.78, 5) is 16.4. The number of aromatic nitrogens is 1. The van der Waals surface area contributed by atoms with Crippen molar-refractivity contribution in [2.45, 2.75) is 19.3 Å². The van der Waals surface area contributed by atoms with Gasteiger partial charge in [-0.3, -0.25) is 4.79 Å². The van der Waals surface area contributed by atoms with Crippen molar-refractivity contribution in [2.75, 3.05) is 18.8 Å². The SMILES string of the molecule is NC(=O)/C=C(\CC1CCNCC1)c1cnc(N)c2c(-c3ccc(Oc4ccccc4)cc3)csc12. The molecule has 1 saturated heterocycles. The molecule has 5 N–H and O–H groups in total. The molecule has 35 heavy (non-hydrogen) atoms. The first-order chi connectivity index (χ1) is 17.1. The van der Waals surface area contributed by atoms with Gasteiger partial charge in [-0.1, -0.05) is 30.3 Å². The van der Waals surface area contributed by atoms with E-state index < -0.39 is 5.91 Å². The van der Waals surface area contributed by atoms with Gasteiger partial charge in [-0.2, -0.15) is 0 Å². The van der Waals surface area contributed by atoms with Gasteiger partial charge in [0.15, 0.2) is 0 Å². The maximum absolute atomic E-state index is 11.9. The lowest BCUT2D eigenvalue weighted by Gasteiger charge is -2.24. The average Bonchev–Trinajstić information content (AvgIpc) is 3.32. The zero-order chi connectivity index (χ0) is 24.2. The summed E-state index contributed by atoms with van der Waals surface area (Å²) in [7, 11) is 0. The second kappa shape index (κ2) is 10.3. The van der Waals surface area contributed by atoms with Gasteiger partial charge in [0.2, 0.25) is 5.91 Å². The van der Waals surface area contributed by atoms with Crippen LogP contribution in [-0.4, -0.2) is 24.0 Å². The van der Waals surface area contributed by atoms with Crippen molar-refractivity contribution in [3.63, 3.8) is 0 Å². The highest BCUT2D eigenvalue weighted by atomic mass is 32.1. The minimum absolute atomic E-state index is 0.440. The summed E-state index contributed by atoms with van der Waals surface area (Å²) in [6.45, 7) is 1.99. The Morgan fingerprint density at radius 2 is 1.80 bits per heavy atom. The van der Waals surface area contributed by atoms with E-state index >= 15 is 0 Å². The third kappa shape index (κ3) is 5.21. The molecule has 7 heteroatoms. The van der Waals surface area contributed by atoms with Gasteiger partial charge in [-0.05, 0) is 79.1 Å². The Morgan fingerprint density at radius 1 is 1.09 bits per heavy atom. The lowest BCUT2D eigenvalue weighted by Crippen LogP contribution is -2.27. The number of ether oxygens (including phenoxy) is 1. The first-order valence-corrected chi connectivity index (χ1v) is 12.7. The molecule has 2 aromatic carbocycles. The van der Waals surface area contributed by atoms with Crippen LogP contribution in [0.5, 0.6) is 11.5 Å². The monoisotopic (exact) mass is 484 g/mol. The lowest BCUT2D eigenvalue weighted by molar-refractivity contribution is -0.113. The van der Waals surface area contributed by atoms with Crippen molar-refractivity contribution in [2.24, 2.45) is 11.7 Å². The smallest absolute Gasteiger partial charge is 0.241 e. The summed E-state index contributed by atoms with van der Waals surface area (Å²) in [5.74, 6) is 2.10. The zero-order valence-electron chi connectivity index (χ0n) is 19.4. The maximum atomic E-state index is 11.9. The molecule has 0 unspecified atom stereocenters. The fraction of sp³-hybridized carbons (Fsp3) is 0.214. The number of piperidine rings is 1. The average molecular weight is 485 g/mol. The molecule has 178 valence electrons. The number of nitrogens with two attached hydrogens (primary N) is 2. The van der Waals surface area contributed by atoms with Crippen LogP contribution in [0.15, 0.2) is 72.3 Å². The van der Waals surface area contributed by atoms with Crippen LogP contribution in [0.2, 0.25) is 0 Å². The van der Waals surface area contributed by atoms with Crippen LogP contribution >= 0.6 is 11.3 Å². The number of nitrogens with zero attached hydrogens (tertiary/aromatic N) is 1. The van der Waals surface area contributed by atoms with Crippen LogP contribution in [0.3, 0.4) is 0 Å². The number of primary amides is 1. The molecule has 0 spiro atoms. The number of amides is 1. The Morgan fingerprint density at radius 3 is 2.51 bits per heavy atom. The van der Waals surface area contributed by atoms with Crippen molar-refractivity contribution in [3.05, 3.63) is 77.8 Å². The molecule has 1 aliphatic rings. The fourth-order valence-corrected chi connectivity index (χ4v) is 5.78. The number of nitrogen functional groups attached to an aromatic ring is 1. The second-order valence-corrected chi connectivity index (χ2v) is 9.70. The maximum Gasteiger partial charge on any atom is 0.241 e. The molecule has 1 aliphatic heterocycles. The van der Waals surface area contributed by atoms with Crippen molar-refractivity contribution >= 4 is 38.7 Å². The minimum atomic E-state index is -0.440. The topological polar surface area (TPSA) is 103 Å². The summed E-state index contributed by atoms with van der Waals surface area (Å²) < 4.78 is 6.96. The third-order valence-electron chi connectivity index (χ3n) is 6.40. The summed E-state index contributed by atoms with van der Waals surface area (Å²) in [5.41, 5.74) is 15.9. The molecule has 6 nitrogen and oxygen atoms in total. The number of carbonyl (C=O) groups excluding carboxylic acids is 1. The van der Waals surface area contributed by atoms with Gasteiger partial charge in [0.05, 0.1) is 0 Å². The molecule has 2 aromatic heterocycles.